The average Bonchev–Trinajstić information content (AvgIpc) is 3.16. The number of ether oxygens (including phenoxy) is 1. The number of carbonyl (C=O) groups is 1. The summed E-state index contributed by atoms with van der Waals surface area (Å²) in [7, 11) is -2.47. The average molecular weight is 409 g/mol. The molecule has 0 unspecified atom stereocenters. The van der Waals surface area contributed by atoms with Crippen LogP contribution in [0.4, 0.5) is 5.69 Å². The summed E-state index contributed by atoms with van der Waals surface area (Å²) in [6, 6.07) is 9.22. The zero-order chi connectivity index (χ0) is 19.6. The minimum atomic E-state index is -3.92. The lowest BCUT2D eigenvalue weighted by Crippen LogP contribution is -2.28. The fourth-order valence-electron chi connectivity index (χ4n) is 3.05. The number of benzene rings is 2. The van der Waals surface area contributed by atoms with Gasteiger partial charge in [-0.05, 0) is 55.7 Å². The van der Waals surface area contributed by atoms with Crippen LogP contribution in [0, 0.1) is 6.92 Å². The van der Waals surface area contributed by atoms with Gasteiger partial charge in [-0.2, -0.15) is 0 Å². The summed E-state index contributed by atoms with van der Waals surface area (Å²) in [5.74, 6) is 0.214. The van der Waals surface area contributed by atoms with Gasteiger partial charge in [-0.15, -0.1) is 0 Å². The standard InChI is InChI=1S/C19H21ClN2O4S/c1-13-5-7-15(12-16(13)19(23)22-9-3-4-10-22)27(24,25)21-17-11-14(20)6-8-18(17)26-2/h5-8,11-12,21H,3-4,9-10H2,1-2H3. The minimum Gasteiger partial charge on any atom is -0.495 e. The zero-order valence-corrected chi connectivity index (χ0v) is 16.7. The summed E-state index contributed by atoms with van der Waals surface area (Å²) in [5.41, 5.74) is 1.38. The first kappa shape index (κ1) is 19.5. The van der Waals surface area contributed by atoms with Gasteiger partial charge >= 0.3 is 0 Å². The maximum atomic E-state index is 12.9. The number of carbonyl (C=O) groups excluding carboxylic acids is 1. The van der Waals surface area contributed by atoms with Crippen molar-refractivity contribution in [2.45, 2.75) is 24.7 Å². The van der Waals surface area contributed by atoms with Crippen molar-refractivity contribution < 1.29 is 17.9 Å². The monoisotopic (exact) mass is 408 g/mol. The lowest BCUT2D eigenvalue weighted by atomic mass is 10.1. The zero-order valence-electron chi connectivity index (χ0n) is 15.2. The van der Waals surface area contributed by atoms with Crippen LogP contribution >= 0.6 is 11.6 Å². The van der Waals surface area contributed by atoms with Crippen molar-refractivity contribution >= 4 is 33.2 Å². The number of hydrogen-bond donors (Lipinski definition) is 1. The smallest absolute Gasteiger partial charge is 0.262 e. The molecule has 0 radical (unpaired) electrons. The fourth-order valence-corrected chi connectivity index (χ4v) is 4.31. The molecule has 0 aliphatic carbocycles. The molecule has 1 aliphatic rings. The Balaban J connectivity index is 1.94. The van der Waals surface area contributed by atoms with Gasteiger partial charge in [0.2, 0.25) is 0 Å². The molecule has 0 atom stereocenters. The number of halogens is 1. The third-order valence-electron chi connectivity index (χ3n) is 4.55. The van der Waals surface area contributed by atoms with Crippen molar-refractivity contribution in [2.24, 2.45) is 0 Å². The number of rotatable bonds is 5. The number of methoxy groups -OCH3 is 1. The SMILES string of the molecule is COc1ccc(Cl)cc1NS(=O)(=O)c1ccc(C)c(C(=O)N2CCCC2)c1. The van der Waals surface area contributed by atoms with Crippen molar-refractivity contribution in [1.29, 1.82) is 0 Å². The van der Waals surface area contributed by atoms with E-state index >= 15 is 0 Å². The van der Waals surface area contributed by atoms with Crippen LogP contribution in [0.3, 0.4) is 0 Å². The van der Waals surface area contributed by atoms with Crippen LogP contribution in [0.1, 0.15) is 28.8 Å². The second-order valence-corrected chi connectivity index (χ2v) is 8.54. The van der Waals surface area contributed by atoms with Crippen molar-refractivity contribution in [3.63, 3.8) is 0 Å². The summed E-state index contributed by atoms with van der Waals surface area (Å²) >= 11 is 5.97. The second-order valence-electron chi connectivity index (χ2n) is 6.43. The van der Waals surface area contributed by atoms with Crippen molar-refractivity contribution in [3.8, 4) is 5.75 Å². The van der Waals surface area contributed by atoms with Crippen LogP contribution in [0.2, 0.25) is 5.02 Å². The highest BCUT2D eigenvalue weighted by molar-refractivity contribution is 7.92. The number of nitrogens with one attached hydrogen (secondary N) is 1. The molecule has 1 heterocycles. The Bertz CT molecular complexity index is 970. The molecule has 2 aromatic carbocycles. The van der Waals surface area contributed by atoms with E-state index < -0.39 is 10.0 Å². The quantitative estimate of drug-likeness (QED) is 0.818. The maximum absolute atomic E-state index is 12.9. The first-order valence-corrected chi connectivity index (χ1v) is 10.4. The molecule has 144 valence electrons. The summed E-state index contributed by atoms with van der Waals surface area (Å²) in [6.07, 6.45) is 1.94. The number of aryl methyl sites for hydroxylation is 1. The molecule has 0 bridgehead atoms. The molecule has 0 saturated carbocycles. The van der Waals surface area contributed by atoms with Crippen LogP contribution in [-0.2, 0) is 10.0 Å². The second kappa shape index (κ2) is 7.78. The first-order valence-electron chi connectivity index (χ1n) is 8.58. The highest BCUT2D eigenvalue weighted by Crippen LogP contribution is 2.30. The van der Waals surface area contributed by atoms with Gasteiger partial charge in [-0.1, -0.05) is 17.7 Å². The largest absolute Gasteiger partial charge is 0.495 e. The van der Waals surface area contributed by atoms with Gasteiger partial charge in [-0.25, -0.2) is 8.42 Å². The van der Waals surface area contributed by atoms with Gasteiger partial charge in [0.15, 0.2) is 0 Å². The van der Waals surface area contributed by atoms with Gasteiger partial charge in [-0.3, -0.25) is 9.52 Å². The molecule has 1 saturated heterocycles. The van der Waals surface area contributed by atoms with Gasteiger partial charge in [0.25, 0.3) is 15.9 Å². The molecule has 2 aromatic rings. The van der Waals surface area contributed by atoms with E-state index in [1.54, 1.807) is 30.0 Å². The lowest BCUT2D eigenvalue weighted by Gasteiger charge is -2.18. The summed E-state index contributed by atoms with van der Waals surface area (Å²) in [4.78, 5) is 14.5. The van der Waals surface area contributed by atoms with Crippen LogP contribution in [-0.4, -0.2) is 39.4 Å². The Labute approximate surface area is 164 Å². The number of hydrogen-bond acceptors (Lipinski definition) is 4. The number of sulfonamides is 1. The van der Waals surface area contributed by atoms with Crippen molar-refractivity contribution in [1.82, 2.24) is 4.90 Å². The molecular formula is C19H21ClN2O4S. The van der Waals surface area contributed by atoms with E-state index in [1.165, 1.54) is 25.3 Å². The summed E-state index contributed by atoms with van der Waals surface area (Å²) < 4.78 is 33.4. The molecule has 8 heteroatoms. The van der Waals surface area contributed by atoms with Crippen LogP contribution < -0.4 is 9.46 Å². The third-order valence-corrected chi connectivity index (χ3v) is 6.15. The molecular weight excluding hydrogens is 388 g/mol. The van der Waals surface area contributed by atoms with E-state index in [-0.39, 0.29) is 16.5 Å². The highest BCUT2D eigenvalue weighted by atomic mass is 35.5. The Kier molecular flexibility index (Phi) is 5.62. The third kappa shape index (κ3) is 4.20. The maximum Gasteiger partial charge on any atom is 0.262 e. The van der Waals surface area contributed by atoms with Gasteiger partial charge in [0, 0.05) is 23.7 Å². The number of anilines is 1. The van der Waals surface area contributed by atoms with Gasteiger partial charge in [0.1, 0.15) is 5.75 Å². The molecule has 0 spiro atoms. The Morgan fingerprint density at radius 1 is 1.15 bits per heavy atom. The topological polar surface area (TPSA) is 75.7 Å². The van der Waals surface area contributed by atoms with E-state index in [1.807, 2.05) is 0 Å². The predicted molar refractivity (Wildman–Crippen MR) is 105 cm³/mol. The molecule has 1 aliphatic heterocycles. The first-order chi connectivity index (χ1) is 12.8. The van der Waals surface area contributed by atoms with Crippen LogP contribution in [0.25, 0.3) is 0 Å². The van der Waals surface area contributed by atoms with E-state index in [0.29, 0.717) is 29.4 Å². The molecule has 1 N–H and O–H groups in total. The Morgan fingerprint density at radius 3 is 2.52 bits per heavy atom. The predicted octanol–water partition coefficient (Wildman–Crippen LogP) is 3.69. The van der Waals surface area contributed by atoms with E-state index in [4.69, 9.17) is 16.3 Å². The van der Waals surface area contributed by atoms with E-state index in [0.717, 1.165) is 18.4 Å². The van der Waals surface area contributed by atoms with Gasteiger partial charge in [0.05, 0.1) is 17.7 Å². The molecule has 6 nitrogen and oxygen atoms in total. The molecule has 27 heavy (non-hydrogen) atoms. The molecule has 3 rings (SSSR count). The Morgan fingerprint density at radius 2 is 1.85 bits per heavy atom. The van der Waals surface area contributed by atoms with Crippen LogP contribution in [0.5, 0.6) is 5.75 Å². The molecule has 0 aromatic heterocycles. The lowest BCUT2D eigenvalue weighted by molar-refractivity contribution is 0.0792. The fraction of sp³-hybridized carbons (Fsp3) is 0.316. The highest BCUT2D eigenvalue weighted by Gasteiger charge is 2.24. The number of likely N-dealkylation sites (tertiary alicyclic amines) is 1. The van der Waals surface area contributed by atoms with Crippen LogP contribution in [0.15, 0.2) is 41.3 Å². The number of amides is 1. The van der Waals surface area contributed by atoms with E-state index in [9.17, 15) is 13.2 Å². The molecule has 1 amide bonds. The normalized spacial score (nSPS) is 14.3. The Hall–Kier alpha value is -2.25. The van der Waals surface area contributed by atoms with E-state index in [2.05, 4.69) is 4.72 Å². The van der Waals surface area contributed by atoms with Crippen molar-refractivity contribution in [3.05, 3.63) is 52.5 Å². The minimum absolute atomic E-state index is 0.0117. The number of nitrogens with zero attached hydrogens (tertiary/aromatic N) is 1. The van der Waals surface area contributed by atoms with Crippen molar-refractivity contribution in [2.75, 3.05) is 24.9 Å². The summed E-state index contributed by atoms with van der Waals surface area (Å²) in [5, 5.41) is 0.377. The molecule has 1 fully saturated rings. The van der Waals surface area contributed by atoms with Gasteiger partial charge < -0.3 is 9.64 Å². The summed E-state index contributed by atoms with van der Waals surface area (Å²) in [6.45, 7) is 3.20.